The summed E-state index contributed by atoms with van der Waals surface area (Å²) in [5, 5.41) is 6.08. The number of anilines is 2. The summed E-state index contributed by atoms with van der Waals surface area (Å²) < 4.78 is 0. The maximum absolute atomic E-state index is 12.3. The van der Waals surface area contributed by atoms with Gasteiger partial charge in [0.15, 0.2) is 5.13 Å². The Kier molecular flexibility index (Phi) is 6.29. The molecule has 6 nitrogen and oxygen atoms in total. The van der Waals surface area contributed by atoms with Gasteiger partial charge < -0.3 is 10.6 Å². The molecular weight excluding hydrogens is 372 g/mol. The Morgan fingerprint density at radius 1 is 1.11 bits per heavy atom. The molecule has 0 unspecified atom stereocenters. The Bertz CT molecular complexity index is 996. The first-order valence-corrected chi connectivity index (χ1v) is 9.62. The van der Waals surface area contributed by atoms with Crippen molar-refractivity contribution >= 4 is 34.1 Å². The number of benzene rings is 1. The smallest absolute Gasteiger partial charge is 0.248 e. The number of carbonyl (C=O) groups excluding carboxylic acids is 2. The third kappa shape index (κ3) is 5.11. The number of amides is 2. The summed E-state index contributed by atoms with van der Waals surface area (Å²) in [5.41, 5.74) is 2.74. The van der Waals surface area contributed by atoms with Crippen molar-refractivity contribution in [1.82, 2.24) is 9.97 Å². The highest BCUT2D eigenvalue weighted by atomic mass is 32.1. The lowest BCUT2D eigenvalue weighted by Crippen LogP contribution is -2.14. The molecule has 2 amide bonds. The van der Waals surface area contributed by atoms with E-state index >= 15 is 0 Å². The van der Waals surface area contributed by atoms with Crippen LogP contribution < -0.4 is 10.6 Å². The molecule has 3 rings (SSSR count). The molecule has 0 aliphatic heterocycles. The molecule has 28 heavy (non-hydrogen) atoms. The lowest BCUT2D eigenvalue weighted by atomic mass is 10.0. The molecule has 0 fully saturated rings. The maximum Gasteiger partial charge on any atom is 0.248 e. The van der Waals surface area contributed by atoms with Crippen LogP contribution in [0.25, 0.3) is 11.1 Å². The minimum absolute atomic E-state index is 0.102. The molecule has 2 N–H and O–H groups in total. The average molecular weight is 392 g/mol. The van der Waals surface area contributed by atoms with Crippen LogP contribution in [0.4, 0.5) is 10.9 Å². The molecule has 2 heterocycles. The summed E-state index contributed by atoms with van der Waals surface area (Å²) in [5.74, 6) is 0.0494. The van der Waals surface area contributed by atoms with Gasteiger partial charge >= 0.3 is 0 Å². The summed E-state index contributed by atoms with van der Waals surface area (Å²) >= 11 is 1.49. The van der Waals surface area contributed by atoms with E-state index in [1.54, 1.807) is 18.5 Å². The minimum Gasteiger partial charge on any atom is -0.307 e. The molecule has 0 saturated heterocycles. The number of aryl methyl sites for hydroxylation is 1. The van der Waals surface area contributed by atoms with Gasteiger partial charge in [0.25, 0.3) is 0 Å². The van der Waals surface area contributed by atoms with Crippen LogP contribution in [0.2, 0.25) is 0 Å². The molecule has 0 atom stereocenters. The second-order valence-corrected chi connectivity index (χ2v) is 7.15. The molecule has 0 radical (unpaired) electrons. The SMILES string of the molecule is C=CC(=O)Nc1ccc(-c2cccc(CC(=O)Nc3ncc(CC)s3)c2)cn1. The third-order valence-corrected chi connectivity index (χ3v) is 5.03. The number of rotatable bonds is 7. The Morgan fingerprint density at radius 2 is 1.96 bits per heavy atom. The van der Waals surface area contributed by atoms with Crippen LogP contribution >= 0.6 is 11.3 Å². The average Bonchev–Trinajstić information content (AvgIpc) is 3.16. The summed E-state index contributed by atoms with van der Waals surface area (Å²) in [6, 6.07) is 11.3. The molecule has 0 aliphatic carbocycles. The molecule has 3 aromatic rings. The number of pyridine rings is 1. The van der Waals surface area contributed by atoms with Crippen LogP contribution in [0.3, 0.4) is 0 Å². The van der Waals surface area contributed by atoms with Crippen LogP contribution in [0.5, 0.6) is 0 Å². The highest BCUT2D eigenvalue weighted by Crippen LogP contribution is 2.22. The van der Waals surface area contributed by atoms with Gasteiger partial charge in [0.05, 0.1) is 6.42 Å². The van der Waals surface area contributed by atoms with Crippen molar-refractivity contribution in [3.05, 3.63) is 71.9 Å². The predicted octanol–water partition coefficient (Wildman–Crippen LogP) is 4.07. The van der Waals surface area contributed by atoms with E-state index in [0.29, 0.717) is 10.9 Å². The molecule has 142 valence electrons. The Hall–Kier alpha value is -3.32. The number of carbonyl (C=O) groups is 2. The minimum atomic E-state index is -0.306. The zero-order valence-corrected chi connectivity index (χ0v) is 16.3. The fourth-order valence-electron chi connectivity index (χ4n) is 2.55. The summed E-state index contributed by atoms with van der Waals surface area (Å²) in [4.78, 5) is 33.2. The van der Waals surface area contributed by atoms with Gasteiger partial charge in [-0.2, -0.15) is 0 Å². The lowest BCUT2D eigenvalue weighted by Gasteiger charge is -2.07. The molecule has 0 saturated carbocycles. The van der Waals surface area contributed by atoms with Crippen LogP contribution in [-0.4, -0.2) is 21.8 Å². The largest absolute Gasteiger partial charge is 0.307 e. The topological polar surface area (TPSA) is 84.0 Å². The van der Waals surface area contributed by atoms with Crippen molar-refractivity contribution in [2.24, 2.45) is 0 Å². The van der Waals surface area contributed by atoms with Crippen LogP contribution in [0.1, 0.15) is 17.4 Å². The zero-order valence-electron chi connectivity index (χ0n) is 15.4. The van der Waals surface area contributed by atoms with Gasteiger partial charge in [-0.15, -0.1) is 11.3 Å². The van der Waals surface area contributed by atoms with Crippen molar-refractivity contribution in [3.8, 4) is 11.1 Å². The van der Waals surface area contributed by atoms with Crippen molar-refractivity contribution in [2.45, 2.75) is 19.8 Å². The van der Waals surface area contributed by atoms with E-state index in [4.69, 9.17) is 0 Å². The third-order valence-electron chi connectivity index (χ3n) is 3.97. The number of nitrogens with one attached hydrogen (secondary N) is 2. The van der Waals surface area contributed by atoms with Crippen molar-refractivity contribution in [3.63, 3.8) is 0 Å². The zero-order chi connectivity index (χ0) is 19.9. The number of thiazole rings is 1. The van der Waals surface area contributed by atoms with E-state index in [2.05, 4.69) is 34.1 Å². The van der Waals surface area contributed by atoms with Gasteiger partial charge in [-0.1, -0.05) is 37.8 Å². The number of hydrogen-bond acceptors (Lipinski definition) is 5. The van der Waals surface area contributed by atoms with E-state index in [9.17, 15) is 9.59 Å². The number of aromatic nitrogens is 2. The van der Waals surface area contributed by atoms with Crippen LogP contribution in [-0.2, 0) is 22.4 Å². The quantitative estimate of drug-likeness (QED) is 0.594. The fraction of sp³-hybridized carbons (Fsp3) is 0.143. The van der Waals surface area contributed by atoms with Gasteiger partial charge in [-0.25, -0.2) is 9.97 Å². The van der Waals surface area contributed by atoms with E-state index in [1.807, 2.05) is 30.3 Å². The van der Waals surface area contributed by atoms with E-state index in [-0.39, 0.29) is 18.2 Å². The first-order chi connectivity index (χ1) is 13.6. The molecule has 2 aromatic heterocycles. The van der Waals surface area contributed by atoms with E-state index in [0.717, 1.165) is 28.0 Å². The summed E-state index contributed by atoms with van der Waals surface area (Å²) in [7, 11) is 0. The van der Waals surface area contributed by atoms with Crippen molar-refractivity contribution in [1.29, 1.82) is 0 Å². The second kappa shape index (κ2) is 9.05. The normalized spacial score (nSPS) is 10.3. The van der Waals surface area contributed by atoms with Crippen LogP contribution in [0.15, 0.2) is 61.4 Å². The molecule has 0 spiro atoms. The Morgan fingerprint density at radius 3 is 2.64 bits per heavy atom. The van der Waals surface area contributed by atoms with Crippen molar-refractivity contribution in [2.75, 3.05) is 10.6 Å². The Balaban J connectivity index is 1.67. The van der Waals surface area contributed by atoms with Gasteiger partial charge in [0, 0.05) is 22.8 Å². The van der Waals surface area contributed by atoms with Gasteiger partial charge in [-0.05, 0) is 35.8 Å². The first-order valence-electron chi connectivity index (χ1n) is 8.80. The molecular formula is C21H20N4O2S. The number of nitrogens with zero attached hydrogens (tertiary/aromatic N) is 2. The molecule has 0 aliphatic rings. The van der Waals surface area contributed by atoms with Gasteiger partial charge in [-0.3, -0.25) is 9.59 Å². The molecule has 7 heteroatoms. The monoisotopic (exact) mass is 392 g/mol. The molecule has 0 bridgehead atoms. The van der Waals surface area contributed by atoms with E-state index in [1.165, 1.54) is 17.4 Å². The van der Waals surface area contributed by atoms with Crippen molar-refractivity contribution < 1.29 is 9.59 Å². The standard InChI is InChI=1S/C21H20N4O2S/c1-3-17-13-23-21(28-17)25-20(27)11-14-6-5-7-15(10-14)16-8-9-18(22-12-16)24-19(26)4-2/h4-10,12-13H,2-3,11H2,1H3,(H,22,24,26)(H,23,25,27). The van der Waals surface area contributed by atoms with Crippen LogP contribution in [0, 0.1) is 0 Å². The Labute approximate surface area is 167 Å². The summed E-state index contributed by atoms with van der Waals surface area (Å²) in [6.45, 7) is 5.47. The van der Waals surface area contributed by atoms with E-state index < -0.39 is 0 Å². The summed E-state index contributed by atoms with van der Waals surface area (Å²) in [6.07, 6.45) is 5.82. The van der Waals surface area contributed by atoms with Gasteiger partial charge in [0.2, 0.25) is 11.8 Å². The maximum atomic E-state index is 12.3. The first kappa shape index (κ1) is 19.4. The predicted molar refractivity (Wildman–Crippen MR) is 112 cm³/mol. The molecule has 1 aromatic carbocycles. The highest BCUT2D eigenvalue weighted by molar-refractivity contribution is 7.15. The highest BCUT2D eigenvalue weighted by Gasteiger charge is 2.09. The fourth-order valence-corrected chi connectivity index (χ4v) is 3.32. The lowest BCUT2D eigenvalue weighted by molar-refractivity contribution is -0.115. The number of hydrogen-bond donors (Lipinski definition) is 2. The second-order valence-electron chi connectivity index (χ2n) is 6.04. The van der Waals surface area contributed by atoms with Gasteiger partial charge in [0.1, 0.15) is 5.82 Å².